The van der Waals surface area contributed by atoms with Crippen molar-refractivity contribution in [3.05, 3.63) is 125 Å². The molecule has 9 nitrogen and oxygen atoms in total. The summed E-state index contributed by atoms with van der Waals surface area (Å²) < 4.78 is 6.26. The van der Waals surface area contributed by atoms with Gasteiger partial charge in [-0.05, 0) is 139 Å². The zero-order valence-corrected chi connectivity index (χ0v) is 32.3. The van der Waals surface area contributed by atoms with Crippen LogP contribution in [0.5, 0.6) is 11.5 Å². The van der Waals surface area contributed by atoms with Gasteiger partial charge in [0.1, 0.15) is 17.5 Å². The molecule has 1 unspecified atom stereocenters. The molecule has 0 bridgehead atoms. The standard InChI is InChI=1S/C47H52N4O5/c1-2-41(34-6-4-3-5-7-34)45(36-10-14-39(52)15-11-36)35-8-12-38(13-9-35)50-26-22-32(23-27-50)29-49-24-20-33(21-25-49)31-56-40-16-17-42-37(28-40)30-51(47(42)55)43-18-19-44(53)48-46(43)54/h3-17,28,32-33,43,52H,2,18-27,29-31H2,1H3,(H,48,53,54). The minimum atomic E-state index is -0.609. The van der Waals surface area contributed by atoms with E-state index in [1.165, 1.54) is 40.8 Å². The maximum absolute atomic E-state index is 13.0. The maximum Gasteiger partial charge on any atom is 0.255 e. The van der Waals surface area contributed by atoms with E-state index in [-0.39, 0.29) is 24.0 Å². The van der Waals surface area contributed by atoms with E-state index in [0.717, 1.165) is 68.9 Å². The Bertz CT molecular complexity index is 2060. The monoisotopic (exact) mass is 752 g/mol. The zero-order chi connectivity index (χ0) is 38.6. The van der Waals surface area contributed by atoms with E-state index in [1.54, 1.807) is 17.0 Å². The summed E-state index contributed by atoms with van der Waals surface area (Å²) in [5, 5.41) is 12.4. The number of hydrogen-bond donors (Lipinski definition) is 2. The first kappa shape index (κ1) is 37.5. The third-order valence-electron chi connectivity index (χ3n) is 12.3. The van der Waals surface area contributed by atoms with E-state index < -0.39 is 11.9 Å². The number of phenols is 1. The second-order valence-corrected chi connectivity index (χ2v) is 15.9. The van der Waals surface area contributed by atoms with E-state index in [0.29, 0.717) is 37.0 Å². The van der Waals surface area contributed by atoms with E-state index in [9.17, 15) is 19.5 Å². The number of amides is 3. The van der Waals surface area contributed by atoms with Gasteiger partial charge in [0, 0.05) is 43.9 Å². The molecule has 1 atom stereocenters. The summed E-state index contributed by atoms with van der Waals surface area (Å²) in [4.78, 5) is 43.8. The Hall–Kier alpha value is -5.41. The van der Waals surface area contributed by atoms with Crippen molar-refractivity contribution in [2.24, 2.45) is 11.8 Å². The van der Waals surface area contributed by atoms with Crippen molar-refractivity contribution in [3.63, 3.8) is 0 Å². The van der Waals surface area contributed by atoms with Gasteiger partial charge in [-0.25, -0.2) is 0 Å². The first-order valence-electron chi connectivity index (χ1n) is 20.4. The van der Waals surface area contributed by atoms with Crippen LogP contribution < -0.4 is 15.0 Å². The molecule has 3 saturated heterocycles. The molecule has 4 aromatic carbocycles. The number of anilines is 1. The lowest BCUT2D eigenvalue weighted by molar-refractivity contribution is -0.136. The van der Waals surface area contributed by atoms with Crippen LogP contribution in [0.25, 0.3) is 11.1 Å². The van der Waals surface area contributed by atoms with Crippen LogP contribution in [0.2, 0.25) is 0 Å². The fourth-order valence-electron chi connectivity index (χ4n) is 9.08. The number of allylic oxidation sites excluding steroid dienone is 1. The van der Waals surface area contributed by atoms with Gasteiger partial charge < -0.3 is 24.5 Å². The van der Waals surface area contributed by atoms with E-state index in [1.807, 2.05) is 30.3 Å². The number of carbonyl (C=O) groups is 3. The molecular formula is C47H52N4O5. The Balaban J connectivity index is 0.804. The second-order valence-electron chi connectivity index (χ2n) is 15.9. The number of piperidine rings is 3. The quantitative estimate of drug-likeness (QED) is 0.121. The number of imide groups is 1. The Morgan fingerprint density at radius 3 is 2.12 bits per heavy atom. The van der Waals surface area contributed by atoms with Gasteiger partial charge in [0.25, 0.3) is 5.91 Å². The molecule has 3 amide bonds. The highest BCUT2D eigenvalue weighted by Gasteiger charge is 2.39. The highest BCUT2D eigenvalue weighted by molar-refractivity contribution is 6.05. The summed E-state index contributed by atoms with van der Waals surface area (Å²) in [6, 6.07) is 32.3. The van der Waals surface area contributed by atoms with Gasteiger partial charge in [0.2, 0.25) is 11.8 Å². The summed E-state index contributed by atoms with van der Waals surface area (Å²) in [7, 11) is 0. The van der Waals surface area contributed by atoms with Gasteiger partial charge in [-0.1, -0.05) is 61.5 Å². The molecule has 0 saturated carbocycles. The molecule has 0 aliphatic carbocycles. The fourth-order valence-corrected chi connectivity index (χ4v) is 9.08. The van der Waals surface area contributed by atoms with E-state index >= 15 is 0 Å². The summed E-state index contributed by atoms with van der Waals surface area (Å²) in [6.45, 7) is 8.70. The van der Waals surface area contributed by atoms with Gasteiger partial charge in [-0.3, -0.25) is 19.7 Å². The zero-order valence-electron chi connectivity index (χ0n) is 32.3. The molecule has 2 N–H and O–H groups in total. The van der Waals surface area contributed by atoms with Crippen LogP contribution in [0.4, 0.5) is 5.69 Å². The molecule has 3 fully saturated rings. The van der Waals surface area contributed by atoms with Gasteiger partial charge in [-0.15, -0.1) is 0 Å². The Morgan fingerprint density at radius 1 is 0.768 bits per heavy atom. The normalized spacial score (nSPS) is 20.2. The van der Waals surface area contributed by atoms with Crippen LogP contribution in [-0.2, 0) is 16.1 Å². The van der Waals surface area contributed by atoms with Crippen molar-refractivity contribution >= 4 is 34.6 Å². The van der Waals surface area contributed by atoms with Crippen molar-refractivity contribution in [3.8, 4) is 11.5 Å². The Kier molecular flexibility index (Phi) is 11.2. The molecule has 4 heterocycles. The smallest absolute Gasteiger partial charge is 0.255 e. The molecule has 4 aliphatic heterocycles. The summed E-state index contributed by atoms with van der Waals surface area (Å²) in [6.07, 6.45) is 6.12. The lowest BCUT2D eigenvalue weighted by Gasteiger charge is -2.38. The molecule has 0 spiro atoms. The van der Waals surface area contributed by atoms with Crippen molar-refractivity contribution < 1.29 is 24.2 Å². The summed E-state index contributed by atoms with van der Waals surface area (Å²) in [5.41, 5.74) is 8.77. The highest BCUT2D eigenvalue weighted by atomic mass is 16.5. The van der Waals surface area contributed by atoms with Crippen LogP contribution in [0, 0.1) is 11.8 Å². The minimum absolute atomic E-state index is 0.160. The third-order valence-corrected chi connectivity index (χ3v) is 12.3. The first-order chi connectivity index (χ1) is 27.3. The predicted octanol–water partition coefficient (Wildman–Crippen LogP) is 7.53. The molecule has 0 radical (unpaired) electrons. The second kappa shape index (κ2) is 16.8. The van der Waals surface area contributed by atoms with Gasteiger partial charge in [0.05, 0.1) is 6.61 Å². The number of fused-ring (bicyclic) bond motifs is 1. The number of ether oxygens (including phenoxy) is 1. The molecule has 8 rings (SSSR count). The number of nitrogens with zero attached hydrogens (tertiary/aromatic N) is 3. The topological polar surface area (TPSA) is 102 Å². The number of rotatable bonds is 11. The van der Waals surface area contributed by atoms with Crippen molar-refractivity contribution in [2.75, 3.05) is 44.2 Å². The highest BCUT2D eigenvalue weighted by Crippen LogP contribution is 2.37. The van der Waals surface area contributed by atoms with Gasteiger partial charge in [0.15, 0.2) is 0 Å². The Morgan fingerprint density at radius 2 is 1.45 bits per heavy atom. The molecular weight excluding hydrogens is 701 g/mol. The summed E-state index contributed by atoms with van der Waals surface area (Å²) in [5.74, 6) is 1.40. The fraction of sp³-hybridized carbons (Fsp3) is 0.383. The van der Waals surface area contributed by atoms with Gasteiger partial charge >= 0.3 is 0 Å². The lowest BCUT2D eigenvalue weighted by atomic mass is 9.88. The van der Waals surface area contributed by atoms with Crippen molar-refractivity contribution in [1.82, 2.24) is 15.1 Å². The lowest BCUT2D eigenvalue weighted by Crippen LogP contribution is -2.52. The van der Waals surface area contributed by atoms with E-state index in [2.05, 4.69) is 76.6 Å². The Labute approximate surface area is 330 Å². The number of likely N-dealkylation sites (tertiary alicyclic amines) is 1. The van der Waals surface area contributed by atoms with E-state index in [4.69, 9.17) is 4.74 Å². The van der Waals surface area contributed by atoms with Crippen molar-refractivity contribution in [2.45, 2.75) is 64.5 Å². The summed E-state index contributed by atoms with van der Waals surface area (Å²) >= 11 is 0. The molecule has 4 aromatic rings. The van der Waals surface area contributed by atoms with Crippen LogP contribution >= 0.6 is 0 Å². The molecule has 290 valence electrons. The third kappa shape index (κ3) is 8.24. The molecule has 56 heavy (non-hydrogen) atoms. The first-order valence-corrected chi connectivity index (χ1v) is 20.4. The molecule has 4 aliphatic rings. The number of aromatic hydroxyl groups is 1. The van der Waals surface area contributed by atoms with Gasteiger partial charge in [-0.2, -0.15) is 0 Å². The minimum Gasteiger partial charge on any atom is -0.508 e. The number of nitrogens with one attached hydrogen (secondary N) is 1. The number of phenolic OH excluding ortho intramolecular Hbond substituents is 1. The van der Waals surface area contributed by atoms with Crippen LogP contribution in [0.15, 0.2) is 97.1 Å². The maximum atomic E-state index is 13.0. The van der Waals surface area contributed by atoms with Crippen LogP contribution in [-0.4, -0.2) is 78.0 Å². The van der Waals surface area contributed by atoms with Crippen LogP contribution in [0.1, 0.15) is 84.5 Å². The molecule has 0 aromatic heterocycles. The predicted molar refractivity (Wildman–Crippen MR) is 219 cm³/mol. The number of carbonyl (C=O) groups excluding carboxylic acids is 3. The van der Waals surface area contributed by atoms with Crippen LogP contribution in [0.3, 0.4) is 0 Å². The SMILES string of the molecule is CCC(=C(c1ccc(O)cc1)c1ccc(N2CCC(CN3CCC(COc4ccc5c(c4)CN(C4CCC(=O)NC4=O)C5=O)CC3)CC2)cc1)c1ccccc1. The largest absolute Gasteiger partial charge is 0.508 e. The number of hydrogen-bond acceptors (Lipinski definition) is 7. The number of benzene rings is 4. The average Bonchev–Trinajstić information content (AvgIpc) is 3.55. The van der Waals surface area contributed by atoms with Crippen molar-refractivity contribution in [1.29, 1.82) is 0 Å². The molecule has 9 heteroatoms. The average molecular weight is 753 g/mol.